The van der Waals surface area contributed by atoms with E-state index in [2.05, 4.69) is 37.9 Å². The third kappa shape index (κ3) is 4.42. The van der Waals surface area contributed by atoms with E-state index in [1.165, 1.54) is 45.2 Å². The Hall–Kier alpha value is -0.0800. The Morgan fingerprint density at radius 3 is 2.62 bits per heavy atom. The molecule has 1 rings (SSSR count). The summed E-state index contributed by atoms with van der Waals surface area (Å²) < 4.78 is 0. The standard InChI is InChI=1S/C14H30N2/c1-5-14-9-8-13(4)16(14)11-7-6-10-15-12(2)3/h12-15H,5-11H2,1-4H3. The van der Waals surface area contributed by atoms with Crippen LogP contribution in [0, 0.1) is 0 Å². The van der Waals surface area contributed by atoms with Crippen molar-refractivity contribution in [1.29, 1.82) is 0 Å². The Kier molecular flexibility index (Phi) is 6.37. The van der Waals surface area contributed by atoms with Crippen LogP contribution in [0.5, 0.6) is 0 Å². The average molecular weight is 226 g/mol. The van der Waals surface area contributed by atoms with Gasteiger partial charge in [-0.3, -0.25) is 4.90 Å². The van der Waals surface area contributed by atoms with Gasteiger partial charge in [0.2, 0.25) is 0 Å². The first-order valence-corrected chi connectivity index (χ1v) is 7.14. The molecule has 0 aromatic carbocycles. The van der Waals surface area contributed by atoms with E-state index < -0.39 is 0 Å². The zero-order valence-corrected chi connectivity index (χ0v) is 11.6. The smallest absolute Gasteiger partial charge is 0.00960 e. The third-order valence-corrected chi connectivity index (χ3v) is 3.82. The lowest BCUT2D eigenvalue weighted by molar-refractivity contribution is 0.194. The molecule has 0 spiro atoms. The SMILES string of the molecule is CCC1CCC(C)N1CCCCNC(C)C. The molecule has 0 aromatic rings. The molecule has 1 fully saturated rings. The van der Waals surface area contributed by atoms with E-state index in [9.17, 15) is 0 Å². The van der Waals surface area contributed by atoms with Crippen LogP contribution in [0.1, 0.15) is 59.8 Å². The van der Waals surface area contributed by atoms with Crippen molar-refractivity contribution in [2.45, 2.75) is 77.9 Å². The summed E-state index contributed by atoms with van der Waals surface area (Å²) in [6.07, 6.45) is 6.82. The molecule has 2 atom stereocenters. The Labute approximate surface area is 102 Å². The van der Waals surface area contributed by atoms with Crippen LogP contribution in [-0.2, 0) is 0 Å². The van der Waals surface area contributed by atoms with E-state index in [0.717, 1.165) is 12.1 Å². The molecule has 96 valence electrons. The fourth-order valence-corrected chi connectivity index (χ4v) is 2.78. The summed E-state index contributed by atoms with van der Waals surface area (Å²) in [5, 5.41) is 3.49. The number of hydrogen-bond acceptors (Lipinski definition) is 2. The number of nitrogens with one attached hydrogen (secondary N) is 1. The normalized spacial score (nSPS) is 26.8. The summed E-state index contributed by atoms with van der Waals surface area (Å²) in [7, 11) is 0. The molecule has 2 heteroatoms. The Bertz CT molecular complexity index is 180. The van der Waals surface area contributed by atoms with Crippen LogP contribution in [-0.4, -0.2) is 36.1 Å². The van der Waals surface area contributed by atoms with Gasteiger partial charge < -0.3 is 5.32 Å². The van der Waals surface area contributed by atoms with Gasteiger partial charge in [0.1, 0.15) is 0 Å². The van der Waals surface area contributed by atoms with E-state index in [1.807, 2.05) is 0 Å². The predicted molar refractivity (Wildman–Crippen MR) is 71.9 cm³/mol. The molecule has 1 saturated heterocycles. The first-order chi connectivity index (χ1) is 7.65. The summed E-state index contributed by atoms with van der Waals surface area (Å²) in [4.78, 5) is 2.73. The van der Waals surface area contributed by atoms with Crippen LogP contribution in [0.15, 0.2) is 0 Å². The molecule has 0 amide bonds. The monoisotopic (exact) mass is 226 g/mol. The van der Waals surface area contributed by atoms with E-state index in [0.29, 0.717) is 6.04 Å². The minimum Gasteiger partial charge on any atom is -0.315 e. The highest BCUT2D eigenvalue weighted by Gasteiger charge is 2.28. The predicted octanol–water partition coefficient (Wildman–Crippen LogP) is 3.03. The minimum atomic E-state index is 0.633. The van der Waals surface area contributed by atoms with E-state index in [-0.39, 0.29) is 0 Å². The fourth-order valence-electron chi connectivity index (χ4n) is 2.78. The maximum atomic E-state index is 3.49. The van der Waals surface area contributed by atoms with Crippen molar-refractivity contribution in [3.8, 4) is 0 Å². The summed E-state index contributed by atoms with van der Waals surface area (Å²) in [5.41, 5.74) is 0. The second-order valence-corrected chi connectivity index (χ2v) is 5.54. The van der Waals surface area contributed by atoms with Crippen LogP contribution in [0.3, 0.4) is 0 Å². The van der Waals surface area contributed by atoms with Crippen LogP contribution >= 0.6 is 0 Å². The largest absolute Gasteiger partial charge is 0.315 e. The Morgan fingerprint density at radius 1 is 1.25 bits per heavy atom. The van der Waals surface area contributed by atoms with Gasteiger partial charge in [-0.05, 0) is 52.1 Å². The first kappa shape index (κ1) is 14.0. The van der Waals surface area contributed by atoms with Gasteiger partial charge in [0.25, 0.3) is 0 Å². The molecule has 2 unspecified atom stereocenters. The molecule has 1 N–H and O–H groups in total. The maximum absolute atomic E-state index is 3.49. The lowest BCUT2D eigenvalue weighted by Crippen LogP contribution is -2.35. The van der Waals surface area contributed by atoms with Crippen molar-refractivity contribution in [3.05, 3.63) is 0 Å². The summed E-state index contributed by atoms with van der Waals surface area (Å²) in [5.74, 6) is 0. The van der Waals surface area contributed by atoms with Gasteiger partial charge in [-0.2, -0.15) is 0 Å². The number of nitrogens with zero attached hydrogens (tertiary/aromatic N) is 1. The zero-order chi connectivity index (χ0) is 12.0. The fraction of sp³-hybridized carbons (Fsp3) is 1.00. The van der Waals surface area contributed by atoms with Crippen LogP contribution in [0.2, 0.25) is 0 Å². The first-order valence-electron chi connectivity index (χ1n) is 7.14. The van der Waals surface area contributed by atoms with Crippen LogP contribution in [0.25, 0.3) is 0 Å². The molecule has 0 bridgehead atoms. The number of unbranched alkanes of at least 4 members (excludes halogenated alkanes) is 1. The van der Waals surface area contributed by atoms with Crippen LogP contribution in [0.4, 0.5) is 0 Å². The summed E-state index contributed by atoms with van der Waals surface area (Å²) >= 11 is 0. The van der Waals surface area contributed by atoms with Crippen molar-refractivity contribution in [3.63, 3.8) is 0 Å². The van der Waals surface area contributed by atoms with Crippen LogP contribution < -0.4 is 5.32 Å². The molecule has 16 heavy (non-hydrogen) atoms. The Balaban J connectivity index is 2.11. The highest BCUT2D eigenvalue weighted by atomic mass is 15.2. The average Bonchev–Trinajstić information content (AvgIpc) is 2.59. The van der Waals surface area contributed by atoms with Gasteiger partial charge >= 0.3 is 0 Å². The minimum absolute atomic E-state index is 0.633. The molecular weight excluding hydrogens is 196 g/mol. The van der Waals surface area contributed by atoms with E-state index in [4.69, 9.17) is 0 Å². The number of likely N-dealkylation sites (tertiary alicyclic amines) is 1. The number of rotatable bonds is 7. The quantitative estimate of drug-likeness (QED) is 0.671. The molecule has 1 aliphatic rings. The Morgan fingerprint density at radius 2 is 2.00 bits per heavy atom. The molecule has 0 aromatic heterocycles. The second-order valence-electron chi connectivity index (χ2n) is 5.54. The topological polar surface area (TPSA) is 15.3 Å². The third-order valence-electron chi connectivity index (χ3n) is 3.82. The van der Waals surface area contributed by atoms with Crippen molar-refractivity contribution in [2.75, 3.05) is 13.1 Å². The lowest BCUT2D eigenvalue weighted by Gasteiger charge is -2.27. The van der Waals surface area contributed by atoms with Crippen molar-refractivity contribution >= 4 is 0 Å². The highest BCUT2D eigenvalue weighted by molar-refractivity contribution is 4.83. The van der Waals surface area contributed by atoms with Gasteiger partial charge in [0.05, 0.1) is 0 Å². The van der Waals surface area contributed by atoms with Crippen molar-refractivity contribution in [2.24, 2.45) is 0 Å². The molecule has 0 saturated carbocycles. The molecule has 2 nitrogen and oxygen atoms in total. The van der Waals surface area contributed by atoms with Gasteiger partial charge in [-0.1, -0.05) is 20.8 Å². The van der Waals surface area contributed by atoms with E-state index in [1.54, 1.807) is 0 Å². The highest BCUT2D eigenvalue weighted by Crippen LogP contribution is 2.25. The second kappa shape index (κ2) is 7.29. The lowest BCUT2D eigenvalue weighted by atomic mass is 10.1. The molecular formula is C14H30N2. The molecule has 1 aliphatic heterocycles. The summed E-state index contributed by atoms with van der Waals surface area (Å²) in [6.45, 7) is 11.6. The van der Waals surface area contributed by atoms with Gasteiger partial charge in [-0.25, -0.2) is 0 Å². The van der Waals surface area contributed by atoms with Gasteiger partial charge in [-0.15, -0.1) is 0 Å². The van der Waals surface area contributed by atoms with E-state index >= 15 is 0 Å². The van der Waals surface area contributed by atoms with Gasteiger partial charge in [0, 0.05) is 18.1 Å². The van der Waals surface area contributed by atoms with Gasteiger partial charge in [0.15, 0.2) is 0 Å². The zero-order valence-electron chi connectivity index (χ0n) is 11.6. The summed E-state index contributed by atoms with van der Waals surface area (Å²) in [6, 6.07) is 2.32. The number of hydrogen-bond donors (Lipinski definition) is 1. The molecule has 1 heterocycles. The molecule has 0 radical (unpaired) electrons. The maximum Gasteiger partial charge on any atom is 0.00960 e. The van der Waals surface area contributed by atoms with Crippen molar-refractivity contribution < 1.29 is 0 Å². The van der Waals surface area contributed by atoms with Crippen molar-refractivity contribution in [1.82, 2.24) is 10.2 Å². The molecule has 0 aliphatic carbocycles.